The second kappa shape index (κ2) is 3.56. The van der Waals surface area contributed by atoms with Gasteiger partial charge in [0.15, 0.2) is 0 Å². The van der Waals surface area contributed by atoms with Crippen molar-refractivity contribution in [1.29, 1.82) is 0 Å². The van der Waals surface area contributed by atoms with E-state index in [1.807, 2.05) is 0 Å². The number of nitrogens with zero attached hydrogens (tertiary/aromatic N) is 2. The van der Waals surface area contributed by atoms with Crippen LogP contribution in [0.4, 0.5) is 0 Å². The van der Waals surface area contributed by atoms with Gasteiger partial charge < -0.3 is 0 Å². The van der Waals surface area contributed by atoms with Crippen molar-refractivity contribution in [2.75, 3.05) is 0 Å². The van der Waals surface area contributed by atoms with Crippen molar-refractivity contribution in [3.05, 3.63) is 41.9 Å². The van der Waals surface area contributed by atoms with Crippen LogP contribution in [0.1, 0.15) is 0 Å². The highest BCUT2D eigenvalue weighted by Crippen LogP contribution is 1.74. The molecule has 10 nitrogen and oxygen atoms in total. The SMILES string of the molecule is O=c1[nH][nH]c(=O)n1CCn1c(=O)[nH][nH]c1=O. The van der Waals surface area contributed by atoms with Gasteiger partial charge in [0.2, 0.25) is 0 Å². The van der Waals surface area contributed by atoms with Crippen molar-refractivity contribution >= 4 is 0 Å². The molecular weight excluding hydrogens is 220 g/mol. The minimum absolute atomic E-state index is 0.0709. The molecule has 0 saturated heterocycles. The van der Waals surface area contributed by atoms with E-state index in [9.17, 15) is 19.2 Å². The van der Waals surface area contributed by atoms with Gasteiger partial charge in [-0.05, 0) is 0 Å². The van der Waals surface area contributed by atoms with E-state index in [2.05, 4.69) is 20.4 Å². The molecular formula is C6H8N6O4. The third-order valence-electron chi connectivity index (χ3n) is 2.08. The zero-order valence-electron chi connectivity index (χ0n) is 7.94. The van der Waals surface area contributed by atoms with Gasteiger partial charge in [0, 0.05) is 0 Å². The van der Waals surface area contributed by atoms with E-state index in [1.54, 1.807) is 0 Å². The van der Waals surface area contributed by atoms with Crippen LogP contribution in [0.15, 0.2) is 19.2 Å². The third-order valence-corrected chi connectivity index (χ3v) is 2.08. The maximum Gasteiger partial charge on any atom is 0.344 e. The Balaban J connectivity index is 2.27. The van der Waals surface area contributed by atoms with Crippen LogP contribution in [-0.2, 0) is 13.1 Å². The minimum atomic E-state index is -0.620. The standard InChI is InChI=1S/C6H8N6O4/c13-3-7-8-4(14)11(3)1-2-12-5(15)9-10-6(12)16/h1-2H2,(H,7,13)(H,8,14)(H,9,15)(H,10,16). The van der Waals surface area contributed by atoms with Crippen molar-refractivity contribution in [3.8, 4) is 0 Å². The molecule has 0 amide bonds. The highest BCUT2D eigenvalue weighted by molar-refractivity contribution is 4.69. The molecule has 4 N–H and O–H groups in total. The summed E-state index contributed by atoms with van der Waals surface area (Å²) in [5.74, 6) is 0. The molecule has 86 valence electrons. The number of aromatic nitrogens is 6. The van der Waals surface area contributed by atoms with Crippen LogP contribution in [0.3, 0.4) is 0 Å². The molecule has 0 radical (unpaired) electrons. The monoisotopic (exact) mass is 228 g/mol. The molecule has 0 fully saturated rings. The predicted molar refractivity (Wildman–Crippen MR) is 51.3 cm³/mol. The normalized spacial score (nSPS) is 10.8. The Morgan fingerprint density at radius 1 is 0.625 bits per heavy atom. The van der Waals surface area contributed by atoms with Gasteiger partial charge in [-0.3, -0.25) is 0 Å². The summed E-state index contributed by atoms with van der Waals surface area (Å²) in [4.78, 5) is 44.3. The molecule has 10 heteroatoms. The number of nitrogens with one attached hydrogen (secondary N) is 4. The van der Waals surface area contributed by atoms with Gasteiger partial charge in [0.1, 0.15) is 0 Å². The van der Waals surface area contributed by atoms with Crippen molar-refractivity contribution in [3.63, 3.8) is 0 Å². The summed E-state index contributed by atoms with van der Waals surface area (Å²) in [5.41, 5.74) is -2.48. The molecule has 2 heterocycles. The van der Waals surface area contributed by atoms with Gasteiger partial charge in [-0.15, -0.1) is 0 Å². The van der Waals surface area contributed by atoms with Gasteiger partial charge in [-0.1, -0.05) is 0 Å². The Morgan fingerprint density at radius 3 is 1.12 bits per heavy atom. The first-order valence-electron chi connectivity index (χ1n) is 4.34. The van der Waals surface area contributed by atoms with Crippen LogP contribution >= 0.6 is 0 Å². The zero-order valence-corrected chi connectivity index (χ0v) is 7.94. The lowest BCUT2D eigenvalue weighted by Gasteiger charge is -1.97. The molecule has 16 heavy (non-hydrogen) atoms. The Hall–Kier alpha value is -2.52. The molecule has 2 aromatic heterocycles. The minimum Gasteiger partial charge on any atom is -0.247 e. The highest BCUT2D eigenvalue weighted by atomic mass is 16.2. The largest absolute Gasteiger partial charge is 0.344 e. The van der Waals surface area contributed by atoms with Crippen LogP contribution in [-0.4, -0.2) is 29.5 Å². The summed E-state index contributed by atoms with van der Waals surface area (Å²) in [7, 11) is 0. The molecule has 0 atom stereocenters. The summed E-state index contributed by atoms with van der Waals surface area (Å²) < 4.78 is 1.69. The van der Waals surface area contributed by atoms with Crippen LogP contribution in [0.2, 0.25) is 0 Å². The van der Waals surface area contributed by atoms with E-state index in [1.165, 1.54) is 0 Å². The first-order valence-corrected chi connectivity index (χ1v) is 4.34. The molecule has 2 rings (SSSR count). The number of hydrogen-bond acceptors (Lipinski definition) is 4. The number of rotatable bonds is 3. The van der Waals surface area contributed by atoms with E-state index in [-0.39, 0.29) is 13.1 Å². The molecule has 0 aromatic carbocycles. The summed E-state index contributed by atoms with van der Waals surface area (Å²) in [6, 6.07) is 0. The molecule has 0 aliphatic heterocycles. The van der Waals surface area contributed by atoms with Crippen LogP contribution in [0.25, 0.3) is 0 Å². The Labute approximate surface area is 85.5 Å². The summed E-state index contributed by atoms with van der Waals surface area (Å²) in [6.45, 7) is -0.142. The van der Waals surface area contributed by atoms with Gasteiger partial charge >= 0.3 is 22.8 Å². The van der Waals surface area contributed by atoms with E-state index >= 15 is 0 Å². The van der Waals surface area contributed by atoms with Crippen molar-refractivity contribution in [2.24, 2.45) is 0 Å². The molecule has 0 bridgehead atoms. The van der Waals surface area contributed by atoms with Gasteiger partial charge in [-0.2, -0.15) is 0 Å². The highest BCUT2D eigenvalue weighted by Gasteiger charge is 2.06. The number of aromatic amines is 4. The zero-order chi connectivity index (χ0) is 11.7. The molecule has 2 aromatic rings. The first-order chi connectivity index (χ1) is 7.59. The maximum absolute atomic E-state index is 11.1. The lowest BCUT2D eigenvalue weighted by molar-refractivity contribution is 0.534. The van der Waals surface area contributed by atoms with E-state index in [0.29, 0.717) is 0 Å². The lowest BCUT2D eigenvalue weighted by Crippen LogP contribution is -2.33. The Morgan fingerprint density at radius 2 is 0.875 bits per heavy atom. The fourth-order valence-electron chi connectivity index (χ4n) is 1.27. The van der Waals surface area contributed by atoms with Crippen LogP contribution in [0, 0.1) is 0 Å². The van der Waals surface area contributed by atoms with E-state index in [0.717, 1.165) is 9.13 Å². The fourth-order valence-corrected chi connectivity index (χ4v) is 1.27. The van der Waals surface area contributed by atoms with Gasteiger partial charge in [0.05, 0.1) is 13.1 Å². The average molecular weight is 228 g/mol. The summed E-state index contributed by atoms with van der Waals surface area (Å²) in [6.07, 6.45) is 0. The topological polar surface area (TPSA) is 141 Å². The first kappa shape index (κ1) is 10.0. The molecule has 0 spiro atoms. The van der Waals surface area contributed by atoms with Gasteiger partial charge in [0.25, 0.3) is 0 Å². The molecule has 0 unspecified atom stereocenters. The lowest BCUT2D eigenvalue weighted by atomic mass is 10.6. The Kier molecular flexibility index (Phi) is 2.23. The summed E-state index contributed by atoms with van der Waals surface area (Å²) in [5, 5.41) is 8.34. The third kappa shape index (κ3) is 1.55. The molecule has 0 aliphatic rings. The number of H-pyrrole nitrogens is 4. The van der Waals surface area contributed by atoms with Crippen molar-refractivity contribution < 1.29 is 0 Å². The van der Waals surface area contributed by atoms with Crippen molar-refractivity contribution in [1.82, 2.24) is 29.5 Å². The quantitative estimate of drug-likeness (QED) is 0.437. The van der Waals surface area contributed by atoms with E-state index in [4.69, 9.17) is 0 Å². The number of hydrogen-bond donors (Lipinski definition) is 4. The van der Waals surface area contributed by atoms with Crippen LogP contribution in [0.5, 0.6) is 0 Å². The fraction of sp³-hybridized carbons (Fsp3) is 0.333. The summed E-state index contributed by atoms with van der Waals surface area (Å²) >= 11 is 0. The molecule has 0 aliphatic carbocycles. The van der Waals surface area contributed by atoms with Crippen LogP contribution < -0.4 is 22.8 Å². The second-order valence-electron chi connectivity index (χ2n) is 3.02. The predicted octanol–water partition coefficient (Wildman–Crippen LogP) is -3.26. The van der Waals surface area contributed by atoms with Crippen molar-refractivity contribution in [2.45, 2.75) is 13.1 Å². The second-order valence-corrected chi connectivity index (χ2v) is 3.02. The van der Waals surface area contributed by atoms with E-state index < -0.39 is 22.8 Å². The molecule has 0 saturated carbocycles. The smallest absolute Gasteiger partial charge is 0.247 e. The maximum atomic E-state index is 11.1. The van der Waals surface area contributed by atoms with Gasteiger partial charge in [-0.25, -0.2) is 48.7 Å². The average Bonchev–Trinajstić information content (AvgIpc) is 2.72. The Bertz CT molecular complexity index is 587.